The molecule has 2 aromatic rings. The summed E-state index contributed by atoms with van der Waals surface area (Å²) in [5, 5.41) is 0.206. The Balaban J connectivity index is 1.89. The monoisotopic (exact) mass is 450 g/mol. The fourth-order valence-electron chi connectivity index (χ4n) is 3.54. The molecule has 0 radical (unpaired) electrons. The topological polar surface area (TPSA) is 66.9 Å². The summed E-state index contributed by atoms with van der Waals surface area (Å²) in [7, 11) is -2.47. The van der Waals surface area contributed by atoms with Crippen LogP contribution in [-0.4, -0.2) is 50.3 Å². The molecule has 162 valence electrons. The fourth-order valence-corrected chi connectivity index (χ4v) is 5.27. The van der Waals surface area contributed by atoms with E-state index in [2.05, 4.69) is 0 Å². The highest BCUT2D eigenvalue weighted by Crippen LogP contribution is 2.29. The first-order valence-corrected chi connectivity index (χ1v) is 11.9. The Hall–Kier alpha value is -2.09. The van der Waals surface area contributed by atoms with E-state index in [9.17, 15) is 13.2 Å². The average Bonchev–Trinajstić information content (AvgIpc) is 3.03. The quantitative estimate of drug-likeness (QED) is 0.640. The SMILES string of the molecule is COc1ccc(S(=O)(=O)N(CC(=O)N2CCCCCC2)Cc2ccccc2)cc1Cl. The zero-order chi connectivity index (χ0) is 21.6. The number of halogens is 1. The maximum atomic E-state index is 13.4. The lowest BCUT2D eigenvalue weighted by atomic mass is 10.2. The lowest BCUT2D eigenvalue weighted by Gasteiger charge is -2.26. The van der Waals surface area contributed by atoms with Crippen LogP contribution in [0.1, 0.15) is 31.2 Å². The van der Waals surface area contributed by atoms with Gasteiger partial charge in [0.15, 0.2) is 0 Å². The molecule has 0 atom stereocenters. The van der Waals surface area contributed by atoms with Crippen LogP contribution in [0.5, 0.6) is 5.75 Å². The largest absolute Gasteiger partial charge is 0.495 e. The summed E-state index contributed by atoms with van der Waals surface area (Å²) < 4.78 is 33.2. The molecular weight excluding hydrogens is 424 g/mol. The number of methoxy groups -OCH3 is 1. The Labute approximate surface area is 183 Å². The third-order valence-corrected chi connectivity index (χ3v) is 7.32. The van der Waals surface area contributed by atoms with Gasteiger partial charge in [0, 0.05) is 19.6 Å². The van der Waals surface area contributed by atoms with Crippen LogP contribution in [0.2, 0.25) is 5.02 Å². The normalized spacial score (nSPS) is 15.1. The number of carbonyl (C=O) groups is 1. The van der Waals surface area contributed by atoms with Gasteiger partial charge >= 0.3 is 0 Å². The number of hydrogen-bond acceptors (Lipinski definition) is 4. The highest BCUT2D eigenvalue weighted by Gasteiger charge is 2.29. The molecule has 1 aliphatic heterocycles. The van der Waals surface area contributed by atoms with E-state index in [0.717, 1.165) is 31.2 Å². The lowest BCUT2D eigenvalue weighted by Crippen LogP contribution is -2.43. The minimum atomic E-state index is -3.94. The Kier molecular flexibility index (Phi) is 7.75. The second kappa shape index (κ2) is 10.3. The van der Waals surface area contributed by atoms with E-state index < -0.39 is 10.0 Å². The van der Waals surface area contributed by atoms with E-state index in [1.165, 1.54) is 29.6 Å². The lowest BCUT2D eigenvalue weighted by molar-refractivity contribution is -0.131. The van der Waals surface area contributed by atoms with Crippen LogP contribution < -0.4 is 4.74 Å². The maximum absolute atomic E-state index is 13.4. The van der Waals surface area contributed by atoms with E-state index in [1.54, 1.807) is 4.90 Å². The molecule has 1 fully saturated rings. The minimum absolute atomic E-state index is 0.0351. The number of rotatable bonds is 7. The van der Waals surface area contributed by atoms with Crippen LogP contribution in [0, 0.1) is 0 Å². The summed E-state index contributed by atoms with van der Waals surface area (Å²) in [6.45, 7) is 1.24. The smallest absolute Gasteiger partial charge is 0.243 e. The molecule has 30 heavy (non-hydrogen) atoms. The van der Waals surface area contributed by atoms with Crippen molar-refractivity contribution < 1.29 is 17.9 Å². The molecule has 1 amide bonds. The molecule has 2 aromatic carbocycles. The van der Waals surface area contributed by atoms with Gasteiger partial charge in [0.05, 0.1) is 23.6 Å². The van der Waals surface area contributed by atoms with Gasteiger partial charge in [-0.05, 0) is 36.6 Å². The highest BCUT2D eigenvalue weighted by atomic mass is 35.5. The molecule has 0 saturated carbocycles. The van der Waals surface area contributed by atoms with Crippen LogP contribution in [0.15, 0.2) is 53.4 Å². The van der Waals surface area contributed by atoms with E-state index >= 15 is 0 Å². The highest BCUT2D eigenvalue weighted by molar-refractivity contribution is 7.89. The van der Waals surface area contributed by atoms with Crippen molar-refractivity contribution in [3.63, 3.8) is 0 Å². The predicted molar refractivity (Wildman–Crippen MR) is 117 cm³/mol. The average molecular weight is 451 g/mol. The van der Waals surface area contributed by atoms with Crippen molar-refractivity contribution in [1.82, 2.24) is 9.21 Å². The van der Waals surface area contributed by atoms with Gasteiger partial charge in [-0.2, -0.15) is 4.31 Å². The molecule has 1 heterocycles. The Morgan fingerprint density at radius 2 is 1.73 bits per heavy atom. The van der Waals surface area contributed by atoms with Crippen LogP contribution in [0.25, 0.3) is 0 Å². The molecule has 1 aliphatic rings. The van der Waals surface area contributed by atoms with E-state index in [4.69, 9.17) is 16.3 Å². The first kappa shape index (κ1) is 22.6. The summed E-state index contributed by atoms with van der Waals surface area (Å²) >= 11 is 6.16. The van der Waals surface area contributed by atoms with Crippen LogP contribution in [0.4, 0.5) is 0 Å². The molecule has 0 N–H and O–H groups in total. The zero-order valence-electron chi connectivity index (χ0n) is 17.1. The molecule has 8 heteroatoms. The van der Waals surface area contributed by atoms with Gasteiger partial charge in [-0.3, -0.25) is 4.79 Å². The molecular formula is C22H27ClN2O4S. The molecule has 0 spiro atoms. The second-order valence-electron chi connectivity index (χ2n) is 7.35. The third kappa shape index (κ3) is 5.53. The van der Waals surface area contributed by atoms with E-state index in [-0.39, 0.29) is 28.9 Å². The number of hydrogen-bond donors (Lipinski definition) is 0. The van der Waals surface area contributed by atoms with Crippen molar-refractivity contribution in [3.05, 3.63) is 59.1 Å². The molecule has 6 nitrogen and oxygen atoms in total. The van der Waals surface area contributed by atoms with Gasteiger partial charge in [0.2, 0.25) is 15.9 Å². The molecule has 0 bridgehead atoms. The number of likely N-dealkylation sites (tertiary alicyclic amines) is 1. The van der Waals surface area contributed by atoms with Crippen molar-refractivity contribution in [3.8, 4) is 5.75 Å². The first-order valence-electron chi connectivity index (χ1n) is 10.1. The van der Waals surface area contributed by atoms with E-state index in [1.807, 2.05) is 30.3 Å². The standard InChI is InChI=1S/C22H27ClN2O4S/c1-29-21-12-11-19(15-20(21)23)30(27,28)25(16-18-9-5-4-6-10-18)17-22(26)24-13-7-2-3-8-14-24/h4-6,9-12,15H,2-3,7-8,13-14,16-17H2,1H3. The number of ether oxygens (including phenoxy) is 1. The van der Waals surface area contributed by atoms with Gasteiger partial charge in [-0.25, -0.2) is 8.42 Å². The predicted octanol–water partition coefficient (Wildman–Crippen LogP) is 3.94. The molecule has 0 aromatic heterocycles. The molecule has 3 rings (SSSR count). The number of amides is 1. The molecule has 0 aliphatic carbocycles. The third-order valence-electron chi connectivity index (χ3n) is 5.23. The van der Waals surface area contributed by atoms with Gasteiger partial charge in [0.1, 0.15) is 5.75 Å². The summed E-state index contributed by atoms with van der Waals surface area (Å²) in [6.07, 6.45) is 4.09. The van der Waals surface area contributed by atoms with Crippen molar-refractivity contribution in [2.45, 2.75) is 37.1 Å². The summed E-state index contributed by atoms with van der Waals surface area (Å²) in [5.41, 5.74) is 0.810. The fraction of sp³-hybridized carbons (Fsp3) is 0.409. The zero-order valence-corrected chi connectivity index (χ0v) is 18.7. The van der Waals surface area contributed by atoms with Gasteiger partial charge in [-0.15, -0.1) is 0 Å². The Bertz CT molecular complexity index is 958. The van der Waals surface area contributed by atoms with Crippen LogP contribution >= 0.6 is 11.6 Å². The summed E-state index contributed by atoms with van der Waals surface area (Å²) in [4.78, 5) is 14.8. The molecule has 0 unspecified atom stereocenters. The maximum Gasteiger partial charge on any atom is 0.243 e. The second-order valence-corrected chi connectivity index (χ2v) is 9.70. The van der Waals surface area contributed by atoms with Gasteiger partial charge in [0.25, 0.3) is 0 Å². The number of nitrogens with zero attached hydrogens (tertiary/aromatic N) is 2. The number of carbonyl (C=O) groups excluding carboxylic acids is 1. The minimum Gasteiger partial charge on any atom is -0.495 e. The Morgan fingerprint density at radius 1 is 1.07 bits per heavy atom. The van der Waals surface area contributed by atoms with Crippen molar-refractivity contribution in [2.24, 2.45) is 0 Å². The first-order chi connectivity index (χ1) is 14.4. The number of benzene rings is 2. The summed E-state index contributed by atoms with van der Waals surface area (Å²) in [5.74, 6) is 0.224. The van der Waals surface area contributed by atoms with Gasteiger partial charge < -0.3 is 9.64 Å². The van der Waals surface area contributed by atoms with Crippen molar-refractivity contribution in [1.29, 1.82) is 0 Å². The van der Waals surface area contributed by atoms with Crippen molar-refractivity contribution in [2.75, 3.05) is 26.7 Å². The number of sulfonamides is 1. The van der Waals surface area contributed by atoms with Crippen molar-refractivity contribution >= 4 is 27.5 Å². The summed E-state index contributed by atoms with van der Waals surface area (Å²) in [6, 6.07) is 13.6. The van der Waals surface area contributed by atoms with Crippen LogP contribution in [-0.2, 0) is 21.4 Å². The van der Waals surface area contributed by atoms with Gasteiger partial charge in [-0.1, -0.05) is 54.8 Å². The molecule has 1 saturated heterocycles. The van der Waals surface area contributed by atoms with E-state index in [0.29, 0.717) is 18.8 Å². The Morgan fingerprint density at radius 3 is 2.33 bits per heavy atom. The van der Waals surface area contributed by atoms with Crippen LogP contribution in [0.3, 0.4) is 0 Å².